The van der Waals surface area contributed by atoms with Crippen LogP contribution in [0.1, 0.15) is 15.9 Å². The van der Waals surface area contributed by atoms with Crippen LogP contribution in [0.25, 0.3) is 6.08 Å². The zero-order valence-electron chi connectivity index (χ0n) is 11.3. The summed E-state index contributed by atoms with van der Waals surface area (Å²) in [6, 6.07) is 14.4. The summed E-state index contributed by atoms with van der Waals surface area (Å²) in [4.78, 5) is 25.5. The molecular weight excluding hydrogens is 284 g/mol. The highest BCUT2D eigenvalue weighted by molar-refractivity contribution is 7.98. The smallest absolute Gasteiger partial charge is 0.347 e. The number of fused-ring (bicyclic) bond motifs is 1. The van der Waals surface area contributed by atoms with Crippen LogP contribution >= 0.6 is 11.8 Å². The molecule has 3 nitrogen and oxygen atoms in total. The third-order valence-corrected chi connectivity index (χ3v) is 3.97. The molecule has 2 aromatic rings. The topological polar surface area (TPSA) is 43.4 Å². The number of ether oxygens (including phenoxy) is 1. The molecule has 1 heterocycles. The Morgan fingerprint density at radius 1 is 1.00 bits per heavy atom. The van der Waals surface area contributed by atoms with Gasteiger partial charge in [-0.05, 0) is 42.2 Å². The minimum atomic E-state index is -0.604. The van der Waals surface area contributed by atoms with Gasteiger partial charge in [0.15, 0.2) is 0 Å². The first kappa shape index (κ1) is 13.6. The maximum absolute atomic E-state index is 12.4. The largest absolute Gasteiger partial charge is 0.422 e. The van der Waals surface area contributed by atoms with Crippen molar-refractivity contribution in [2.45, 2.75) is 4.90 Å². The molecule has 0 bridgehead atoms. The van der Waals surface area contributed by atoms with Crippen LogP contribution in [-0.2, 0) is 4.79 Å². The zero-order chi connectivity index (χ0) is 14.8. The quantitative estimate of drug-likeness (QED) is 0.279. The first-order valence-corrected chi connectivity index (χ1v) is 7.63. The molecule has 21 heavy (non-hydrogen) atoms. The Balaban J connectivity index is 2.00. The normalized spacial score (nSPS) is 15.8. The molecule has 0 N–H and O–H groups in total. The Kier molecular flexibility index (Phi) is 3.62. The molecule has 0 radical (unpaired) electrons. The van der Waals surface area contributed by atoms with Crippen LogP contribution in [0, 0.1) is 0 Å². The van der Waals surface area contributed by atoms with Crippen molar-refractivity contribution in [2.75, 3.05) is 6.26 Å². The van der Waals surface area contributed by atoms with E-state index in [1.54, 1.807) is 42.1 Å². The fourth-order valence-corrected chi connectivity index (χ4v) is 2.54. The molecule has 1 aliphatic heterocycles. The van der Waals surface area contributed by atoms with Crippen LogP contribution in [-0.4, -0.2) is 18.0 Å². The molecule has 0 amide bonds. The lowest BCUT2D eigenvalue weighted by Gasteiger charge is -2.16. The zero-order valence-corrected chi connectivity index (χ0v) is 12.1. The number of thioether (sulfide) groups is 1. The van der Waals surface area contributed by atoms with E-state index in [1.807, 2.05) is 30.5 Å². The molecule has 0 aliphatic carbocycles. The van der Waals surface area contributed by atoms with Crippen LogP contribution in [0.4, 0.5) is 0 Å². The van der Waals surface area contributed by atoms with E-state index in [0.29, 0.717) is 11.3 Å². The van der Waals surface area contributed by atoms with Gasteiger partial charge in [0.25, 0.3) is 0 Å². The molecule has 2 aromatic carbocycles. The van der Waals surface area contributed by atoms with Gasteiger partial charge in [-0.25, -0.2) is 4.79 Å². The Labute approximate surface area is 126 Å². The van der Waals surface area contributed by atoms with E-state index in [1.165, 1.54) is 0 Å². The van der Waals surface area contributed by atoms with Crippen LogP contribution in [0.15, 0.2) is 59.0 Å². The van der Waals surface area contributed by atoms with Crippen LogP contribution in [0.3, 0.4) is 0 Å². The first-order valence-electron chi connectivity index (χ1n) is 6.40. The maximum atomic E-state index is 12.4. The molecule has 0 fully saturated rings. The lowest BCUT2D eigenvalue weighted by atomic mass is 9.98. The van der Waals surface area contributed by atoms with Crippen LogP contribution < -0.4 is 4.74 Å². The molecule has 0 saturated heterocycles. The Morgan fingerprint density at radius 3 is 2.43 bits per heavy atom. The second-order valence-electron chi connectivity index (χ2n) is 4.55. The van der Waals surface area contributed by atoms with E-state index >= 15 is 0 Å². The number of ketones is 1. The highest BCUT2D eigenvalue weighted by Gasteiger charge is 2.30. The summed E-state index contributed by atoms with van der Waals surface area (Å²) in [7, 11) is 0. The maximum Gasteiger partial charge on any atom is 0.347 e. The van der Waals surface area contributed by atoms with Crippen LogP contribution in [0.2, 0.25) is 0 Å². The minimum Gasteiger partial charge on any atom is -0.422 e. The van der Waals surface area contributed by atoms with Gasteiger partial charge in [0.1, 0.15) is 11.3 Å². The molecule has 0 spiro atoms. The molecule has 1 aliphatic rings. The predicted octanol–water partition coefficient (Wildman–Crippen LogP) is 3.59. The van der Waals surface area contributed by atoms with E-state index in [2.05, 4.69) is 0 Å². The summed E-state index contributed by atoms with van der Waals surface area (Å²) < 4.78 is 5.20. The number of rotatable bonds is 2. The number of para-hydroxylation sites is 1. The summed E-state index contributed by atoms with van der Waals surface area (Å²) in [5.41, 5.74) is 1.28. The fourth-order valence-electron chi connectivity index (χ4n) is 2.13. The first-order chi connectivity index (χ1) is 10.2. The van der Waals surface area contributed by atoms with Gasteiger partial charge in [-0.15, -0.1) is 11.8 Å². The van der Waals surface area contributed by atoms with Crippen molar-refractivity contribution in [3.05, 3.63) is 65.2 Å². The molecule has 0 atom stereocenters. The van der Waals surface area contributed by atoms with E-state index < -0.39 is 5.97 Å². The standard InChI is InChI=1S/C17H12O3S/c1-21-12-8-6-11(7-9-12)10-14-16(18)13-4-2-3-5-15(13)20-17(14)19/h2-10H,1H3/b14-10-. The summed E-state index contributed by atoms with van der Waals surface area (Å²) in [5.74, 6) is -0.578. The third kappa shape index (κ3) is 2.62. The van der Waals surface area contributed by atoms with Gasteiger partial charge in [-0.2, -0.15) is 0 Å². The number of Topliss-reactive ketones (excluding diaryl/α,β-unsaturated/α-hetero) is 1. The number of esters is 1. The van der Waals surface area contributed by atoms with Crippen molar-refractivity contribution < 1.29 is 14.3 Å². The van der Waals surface area contributed by atoms with Crippen molar-refractivity contribution >= 4 is 29.6 Å². The summed E-state index contributed by atoms with van der Waals surface area (Å²) in [6.07, 6.45) is 3.57. The fraction of sp³-hybridized carbons (Fsp3) is 0.0588. The predicted molar refractivity (Wildman–Crippen MR) is 82.6 cm³/mol. The second-order valence-corrected chi connectivity index (χ2v) is 5.43. The molecule has 0 unspecified atom stereocenters. The van der Waals surface area contributed by atoms with Gasteiger partial charge in [0.05, 0.1) is 5.56 Å². The highest BCUT2D eigenvalue weighted by Crippen LogP contribution is 2.28. The van der Waals surface area contributed by atoms with Gasteiger partial charge in [0, 0.05) is 4.90 Å². The lowest BCUT2D eigenvalue weighted by molar-refractivity contribution is -0.130. The van der Waals surface area contributed by atoms with Gasteiger partial charge in [-0.3, -0.25) is 4.79 Å². The minimum absolute atomic E-state index is 0.0607. The summed E-state index contributed by atoms with van der Waals surface area (Å²) in [6.45, 7) is 0. The Hall–Kier alpha value is -2.33. The average molecular weight is 296 g/mol. The monoisotopic (exact) mass is 296 g/mol. The number of hydrogen-bond acceptors (Lipinski definition) is 4. The van der Waals surface area contributed by atoms with Crippen molar-refractivity contribution in [3.63, 3.8) is 0 Å². The van der Waals surface area contributed by atoms with Gasteiger partial charge >= 0.3 is 5.97 Å². The Morgan fingerprint density at radius 2 is 1.71 bits per heavy atom. The number of hydrogen-bond donors (Lipinski definition) is 0. The molecule has 0 aromatic heterocycles. The van der Waals surface area contributed by atoms with Gasteiger partial charge in [0.2, 0.25) is 5.78 Å². The average Bonchev–Trinajstić information content (AvgIpc) is 2.52. The lowest BCUT2D eigenvalue weighted by Crippen LogP contribution is -2.24. The Bertz CT molecular complexity index is 745. The highest BCUT2D eigenvalue weighted by atomic mass is 32.2. The van der Waals surface area contributed by atoms with Crippen molar-refractivity contribution in [2.24, 2.45) is 0 Å². The van der Waals surface area contributed by atoms with E-state index in [9.17, 15) is 9.59 Å². The van der Waals surface area contributed by atoms with E-state index in [0.717, 1.165) is 10.5 Å². The van der Waals surface area contributed by atoms with Crippen molar-refractivity contribution in [1.82, 2.24) is 0 Å². The van der Waals surface area contributed by atoms with E-state index in [4.69, 9.17) is 4.74 Å². The SMILES string of the molecule is CSc1ccc(/C=C2\C(=O)Oc3ccccc3C2=O)cc1. The molecule has 0 saturated carbocycles. The summed E-state index contributed by atoms with van der Waals surface area (Å²) in [5, 5.41) is 0. The summed E-state index contributed by atoms with van der Waals surface area (Å²) >= 11 is 1.64. The van der Waals surface area contributed by atoms with Gasteiger partial charge < -0.3 is 4.74 Å². The number of carbonyl (C=O) groups is 2. The molecule has 104 valence electrons. The third-order valence-electron chi connectivity index (χ3n) is 3.23. The van der Waals surface area contributed by atoms with Crippen LogP contribution in [0.5, 0.6) is 5.75 Å². The molecular formula is C17H12O3S. The van der Waals surface area contributed by atoms with Crippen molar-refractivity contribution in [1.29, 1.82) is 0 Å². The van der Waals surface area contributed by atoms with Gasteiger partial charge in [-0.1, -0.05) is 24.3 Å². The molecule has 4 heteroatoms. The number of benzene rings is 2. The van der Waals surface area contributed by atoms with Crippen molar-refractivity contribution in [3.8, 4) is 5.75 Å². The second kappa shape index (κ2) is 5.58. The molecule has 3 rings (SSSR count). The van der Waals surface area contributed by atoms with E-state index in [-0.39, 0.29) is 11.4 Å². The number of carbonyl (C=O) groups excluding carboxylic acids is 2.